The Morgan fingerprint density at radius 3 is 2.54 bits per heavy atom. The Labute approximate surface area is 155 Å². The van der Waals surface area contributed by atoms with E-state index in [2.05, 4.69) is 11.0 Å². The third kappa shape index (κ3) is 4.02. The van der Waals surface area contributed by atoms with Crippen molar-refractivity contribution in [2.45, 2.75) is 57.0 Å². The second-order valence-corrected chi connectivity index (χ2v) is 7.56. The van der Waals surface area contributed by atoms with E-state index in [0.717, 1.165) is 55.8 Å². The highest BCUT2D eigenvalue weighted by molar-refractivity contribution is 5.77. The summed E-state index contributed by atoms with van der Waals surface area (Å²) < 4.78 is 11.7. The molecular formula is C21H28N2O3. The van der Waals surface area contributed by atoms with Gasteiger partial charge >= 0.3 is 0 Å². The first-order chi connectivity index (χ1) is 12.6. The number of ketones is 1. The van der Waals surface area contributed by atoms with Crippen molar-refractivity contribution < 1.29 is 14.3 Å². The predicted molar refractivity (Wildman–Crippen MR) is 99.5 cm³/mol. The molecule has 0 unspecified atom stereocenters. The maximum absolute atomic E-state index is 11.4. The van der Waals surface area contributed by atoms with Crippen LogP contribution in [-0.2, 0) is 10.2 Å². The van der Waals surface area contributed by atoms with Crippen LogP contribution in [-0.4, -0.2) is 43.5 Å². The normalized spacial score (nSPS) is 20.5. The molecule has 1 aliphatic carbocycles. The summed E-state index contributed by atoms with van der Waals surface area (Å²) in [7, 11) is 1.65. The maximum Gasteiger partial charge on any atom is 0.161 e. The van der Waals surface area contributed by atoms with Gasteiger partial charge in [-0.25, -0.2) is 0 Å². The van der Waals surface area contributed by atoms with Crippen LogP contribution in [0.2, 0.25) is 0 Å². The topological polar surface area (TPSA) is 62.6 Å². The Kier molecular flexibility index (Phi) is 5.83. The minimum Gasteiger partial charge on any atom is -0.493 e. The number of nitrogens with zero attached hydrogens (tertiary/aromatic N) is 2. The van der Waals surface area contributed by atoms with E-state index in [0.29, 0.717) is 6.54 Å². The lowest BCUT2D eigenvalue weighted by molar-refractivity contribution is -0.118. The largest absolute Gasteiger partial charge is 0.493 e. The van der Waals surface area contributed by atoms with Crippen LogP contribution in [0, 0.1) is 11.3 Å². The maximum atomic E-state index is 11.4. The molecule has 2 fully saturated rings. The number of ether oxygens (including phenoxy) is 2. The fourth-order valence-electron chi connectivity index (χ4n) is 4.13. The Bertz CT molecular complexity index is 681. The van der Waals surface area contributed by atoms with Gasteiger partial charge in [0.25, 0.3) is 0 Å². The average Bonchev–Trinajstić information content (AvgIpc) is 3.15. The summed E-state index contributed by atoms with van der Waals surface area (Å²) in [6.45, 7) is 3.61. The smallest absolute Gasteiger partial charge is 0.161 e. The summed E-state index contributed by atoms with van der Waals surface area (Å²) in [4.78, 5) is 13.5. The number of piperidine rings is 1. The van der Waals surface area contributed by atoms with Crippen molar-refractivity contribution in [1.29, 1.82) is 5.26 Å². The fraction of sp³-hybridized carbons (Fsp3) is 0.619. The number of hydrogen-bond donors (Lipinski definition) is 0. The Hall–Kier alpha value is -2.06. The fourth-order valence-corrected chi connectivity index (χ4v) is 4.13. The zero-order valence-corrected chi connectivity index (χ0v) is 15.8. The van der Waals surface area contributed by atoms with Gasteiger partial charge in [-0.05, 0) is 63.1 Å². The van der Waals surface area contributed by atoms with Crippen LogP contribution in [0.15, 0.2) is 18.2 Å². The van der Waals surface area contributed by atoms with E-state index in [1.54, 1.807) is 14.0 Å². The van der Waals surface area contributed by atoms with E-state index in [1.165, 1.54) is 12.8 Å². The predicted octanol–water partition coefficient (Wildman–Crippen LogP) is 3.46. The lowest BCUT2D eigenvalue weighted by atomic mass is 9.74. The molecule has 3 rings (SSSR count). The van der Waals surface area contributed by atoms with Gasteiger partial charge in [0, 0.05) is 13.1 Å². The Morgan fingerprint density at radius 2 is 1.96 bits per heavy atom. The van der Waals surface area contributed by atoms with E-state index in [4.69, 9.17) is 9.47 Å². The third-order valence-electron chi connectivity index (χ3n) is 5.68. The van der Waals surface area contributed by atoms with Gasteiger partial charge in [0.1, 0.15) is 5.78 Å². The molecule has 26 heavy (non-hydrogen) atoms. The molecule has 0 aromatic heterocycles. The lowest BCUT2D eigenvalue weighted by Gasteiger charge is -2.37. The van der Waals surface area contributed by atoms with E-state index in [-0.39, 0.29) is 11.9 Å². The van der Waals surface area contributed by atoms with Crippen molar-refractivity contribution in [2.24, 2.45) is 0 Å². The van der Waals surface area contributed by atoms with Gasteiger partial charge in [0.2, 0.25) is 0 Å². The Balaban J connectivity index is 1.80. The molecule has 0 N–H and O–H groups in total. The van der Waals surface area contributed by atoms with E-state index in [9.17, 15) is 10.1 Å². The quantitative estimate of drug-likeness (QED) is 0.781. The molecule has 0 bridgehead atoms. The highest BCUT2D eigenvalue weighted by Crippen LogP contribution is 2.40. The Morgan fingerprint density at radius 1 is 1.27 bits per heavy atom. The van der Waals surface area contributed by atoms with E-state index < -0.39 is 5.41 Å². The van der Waals surface area contributed by atoms with Gasteiger partial charge in [0.15, 0.2) is 11.5 Å². The molecular weight excluding hydrogens is 328 g/mol. The number of nitriles is 1. The minimum absolute atomic E-state index is 0.172. The van der Waals surface area contributed by atoms with Crippen LogP contribution < -0.4 is 9.47 Å². The lowest BCUT2D eigenvalue weighted by Crippen LogP contribution is -2.43. The van der Waals surface area contributed by atoms with Crippen LogP contribution in [0.25, 0.3) is 0 Å². The van der Waals surface area contributed by atoms with Gasteiger partial charge in [0.05, 0.1) is 31.2 Å². The summed E-state index contributed by atoms with van der Waals surface area (Å²) in [6.07, 6.45) is 6.28. The summed E-state index contributed by atoms with van der Waals surface area (Å²) in [5, 5.41) is 9.96. The van der Waals surface area contributed by atoms with Gasteiger partial charge in [-0.15, -0.1) is 0 Å². The average molecular weight is 356 g/mol. The van der Waals surface area contributed by atoms with Gasteiger partial charge in [-0.3, -0.25) is 9.69 Å². The van der Waals surface area contributed by atoms with Gasteiger partial charge in [-0.1, -0.05) is 6.07 Å². The highest BCUT2D eigenvalue weighted by atomic mass is 16.5. The third-order valence-corrected chi connectivity index (χ3v) is 5.68. The molecule has 1 heterocycles. The summed E-state index contributed by atoms with van der Waals surface area (Å²) in [6, 6.07) is 8.47. The van der Waals surface area contributed by atoms with Gasteiger partial charge < -0.3 is 9.47 Å². The molecule has 0 atom stereocenters. The summed E-state index contributed by atoms with van der Waals surface area (Å²) >= 11 is 0. The molecule has 1 aromatic rings. The zero-order valence-electron chi connectivity index (χ0n) is 15.8. The van der Waals surface area contributed by atoms with Crippen molar-refractivity contribution in [3.8, 4) is 17.6 Å². The van der Waals surface area contributed by atoms with Crippen LogP contribution in [0.4, 0.5) is 0 Å². The van der Waals surface area contributed by atoms with E-state index in [1.807, 2.05) is 18.2 Å². The molecule has 5 nitrogen and oxygen atoms in total. The first-order valence-corrected chi connectivity index (χ1v) is 9.54. The molecule has 5 heteroatoms. The summed E-state index contributed by atoms with van der Waals surface area (Å²) in [5.41, 5.74) is 0.476. The first kappa shape index (κ1) is 18.7. The first-order valence-electron chi connectivity index (χ1n) is 9.54. The van der Waals surface area contributed by atoms with Crippen LogP contribution >= 0.6 is 0 Å². The van der Waals surface area contributed by atoms with Crippen molar-refractivity contribution in [3.05, 3.63) is 23.8 Å². The number of methoxy groups -OCH3 is 1. The van der Waals surface area contributed by atoms with Crippen molar-refractivity contribution >= 4 is 5.78 Å². The number of carbonyl (C=O) groups is 1. The number of benzene rings is 1. The van der Waals surface area contributed by atoms with Crippen molar-refractivity contribution in [3.63, 3.8) is 0 Å². The molecule has 0 spiro atoms. The molecule has 140 valence electrons. The molecule has 1 aliphatic heterocycles. The van der Waals surface area contributed by atoms with E-state index >= 15 is 0 Å². The molecule has 1 saturated heterocycles. The minimum atomic E-state index is -0.520. The summed E-state index contributed by atoms with van der Waals surface area (Å²) in [5.74, 6) is 1.65. The SMILES string of the molecule is COc1ccc(C2(C#N)CCN(CC(C)=O)CC2)cc1OC1CCCC1. The molecule has 0 amide bonds. The standard InChI is InChI=1S/C21H28N2O3/c1-16(24)14-23-11-9-21(15-22,10-12-23)17-7-8-19(25-2)20(13-17)26-18-5-3-4-6-18/h7-8,13,18H,3-6,9-12,14H2,1-2H3. The number of likely N-dealkylation sites (tertiary alicyclic amines) is 1. The second-order valence-electron chi connectivity index (χ2n) is 7.56. The number of carbonyl (C=O) groups excluding carboxylic acids is 1. The molecule has 0 radical (unpaired) electrons. The number of Topliss-reactive ketones (excluding diaryl/α,β-unsaturated/α-hetero) is 1. The van der Waals surface area contributed by atoms with Crippen molar-refractivity contribution in [1.82, 2.24) is 4.90 Å². The number of rotatable bonds is 6. The monoisotopic (exact) mass is 356 g/mol. The van der Waals surface area contributed by atoms with Crippen LogP contribution in [0.3, 0.4) is 0 Å². The molecule has 1 saturated carbocycles. The van der Waals surface area contributed by atoms with Crippen molar-refractivity contribution in [2.75, 3.05) is 26.7 Å². The zero-order chi connectivity index (χ0) is 18.6. The number of hydrogen-bond acceptors (Lipinski definition) is 5. The molecule has 2 aliphatic rings. The molecule has 1 aromatic carbocycles. The van der Waals surface area contributed by atoms with Crippen LogP contribution in [0.1, 0.15) is 51.0 Å². The highest BCUT2D eigenvalue weighted by Gasteiger charge is 2.37. The second kappa shape index (κ2) is 8.09. The van der Waals surface area contributed by atoms with Gasteiger partial charge in [-0.2, -0.15) is 5.26 Å². The van der Waals surface area contributed by atoms with Crippen LogP contribution in [0.5, 0.6) is 11.5 Å².